The molecule has 98 heavy (non-hydrogen) atoms. The predicted octanol–water partition coefficient (Wildman–Crippen LogP) is 18.0. The minimum Gasteiger partial charge on any atom is -0.489 e. The van der Waals surface area contributed by atoms with Crippen molar-refractivity contribution < 1.29 is 57.6 Å². The highest BCUT2D eigenvalue weighted by atomic mass is 16.5. The molecule has 2 N–H and O–H groups in total. The van der Waals surface area contributed by atoms with Crippen molar-refractivity contribution in [3.63, 3.8) is 0 Å². The average Bonchev–Trinajstić information content (AvgIpc) is 0.725. The number of fused-ring (bicyclic) bond motifs is 2. The SMILES string of the molecule is O[C@H]1Cc2c(OCc3ccccc3)cc(OCc3ccccc3)c([13C@H]3c4c(OCc5ccccc5)cc(OCc5ccccc5)cc4O[C@@H](c4ccc(OCc5ccccc5)c(OCc5ccccc5)c4)[C@@H]3O)c2O[C@@H]1c1ccc(OCc2ccccc2)c(OCc2ccccc2)c1. The van der Waals surface area contributed by atoms with Crippen LogP contribution in [0, 0.1) is 0 Å². The third-order valence-corrected chi connectivity index (χ3v) is 17.5. The molecule has 12 aromatic rings. The number of rotatable bonds is 27. The summed E-state index contributed by atoms with van der Waals surface area (Å²) in [4.78, 5) is 0. The number of aliphatic hydroxyl groups excluding tert-OH is 2. The molecule has 2 aliphatic heterocycles. The zero-order chi connectivity index (χ0) is 66.2. The molecule has 0 amide bonds. The van der Waals surface area contributed by atoms with Crippen LogP contribution in [0.5, 0.6) is 57.5 Å². The van der Waals surface area contributed by atoms with Crippen LogP contribution in [0.25, 0.3) is 0 Å². The van der Waals surface area contributed by atoms with E-state index in [0.717, 1.165) is 44.5 Å². The number of ether oxygens (including phenoxy) is 10. The normalized spacial score (nSPS) is 16.0. The van der Waals surface area contributed by atoms with Gasteiger partial charge in [-0.1, -0.05) is 255 Å². The second-order valence-corrected chi connectivity index (χ2v) is 24.4. The van der Waals surface area contributed by atoms with E-state index in [9.17, 15) is 10.2 Å². The molecule has 2 heterocycles. The second-order valence-electron chi connectivity index (χ2n) is 24.4. The maximum absolute atomic E-state index is 14.1. The Bertz CT molecular complexity index is 4530. The van der Waals surface area contributed by atoms with Crippen molar-refractivity contribution in [3.8, 4) is 57.5 Å². The largest absolute Gasteiger partial charge is 0.489 e. The molecule has 2 aliphatic rings. The summed E-state index contributed by atoms with van der Waals surface area (Å²) in [5.41, 5.74) is 10.3. The van der Waals surface area contributed by atoms with Gasteiger partial charge in [0.1, 0.15) is 99.6 Å². The zero-order valence-electron chi connectivity index (χ0n) is 54.0. The maximum atomic E-state index is 14.1. The molecular formula is C86H74O12. The zero-order valence-corrected chi connectivity index (χ0v) is 54.0. The van der Waals surface area contributed by atoms with E-state index < -0.39 is 30.3 Å². The van der Waals surface area contributed by atoms with Crippen molar-refractivity contribution in [1.82, 2.24) is 0 Å². The van der Waals surface area contributed by atoms with Crippen molar-refractivity contribution in [3.05, 3.63) is 370 Å². The molecule has 14 rings (SSSR count). The Morgan fingerprint density at radius 2 is 0.612 bits per heavy atom. The maximum Gasteiger partial charge on any atom is 0.162 e. The molecular weight excluding hydrogens is 1230 g/mol. The molecule has 12 nitrogen and oxygen atoms in total. The van der Waals surface area contributed by atoms with Crippen molar-refractivity contribution in [2.24, 2.45) is 0 Å². The smallest absolute Gasteiger partial charge is 0.162 e. The van der Waals surface area contributed by atoms with Crippen LogP contribution in [0.1, 0.15) is 90.5 Å². The molecule has 12 heteroatoms. The van der Waals surface area contributed by atoms with Gasteiger partial charge in [-0.2, -0.15) is 0 Å². The van der Waals surface area contributed by atoms with Crippen LogP contribution in [0.2, 0.25) is 0 Å². The van der Waals surface area contributed by atoms with Gasteiger partial charge in [0, 0.05) is 41.3 Å². The lowest BCUT2D eigenvalue weighted by molar-refractivity contribution is 0.000521. The lowest BCUT2D eigenvalue weighted by Gasteiger charge is -2.41. The first-order valence-corrected chi connectivity index (χ1v) is 33.1. The highest BCUT2D eigenvalue weighted by Crippen LogP contribution is 2.58. The summed E-state index contributed by atoms with van der Waals surface area (Å²) in [5.74, 6) is 3.21. The van der Waals surface area contributed by atoms with E-state index in [4.69, 9.17) is 47.4 Å². The van der Waals surface area contributed by atoms with Gasteiger partial charge in [0.25, 0.3) is 0 Å². The van der Waals surface area contributed by atoms with E-state index in [0.29, 0.717) is 91.9 Å². The van der Waals surface area contributed by atoms with Crippen molar-refractivity contribution in [1.29, 1.82) is 0 Å². The van der Waals surface area contributed by atoms with Gasteiger partial charge in [0.15, 0.2) is 29.1 Å². The Balaban J connectivity index is 0.954. The summed E-state index contributed by atoms with van der Waals surface area (Å²) < 4.78 is 69.4. The van der Waals surface area contributed by atoms with Gasteiger partial charge in [0.05, 0.1) is 12.0 Å². The molecule has 0 saturated heterocycles. The number of hydrogen-bond donors (Lipinski definition) is 2. The lowest BCUT2D eigenvalue weighted by atomic mass is 9.89. The lowest BCUT2D eigenvalue weighted by Crippen LogP contribution is -2.37. The second kappa shape index (κ2) is 31.0. The van der Waals surface area contributed by atoms with Crippen LogP contribution in [-0.2, 0) is 59.3 Å². The topological polar surface area (TPSA) is 133 Å². The molecule has 0 unspecified atom stereocenters. The highest BCUT2D eigenvalue weighted by molar-refractivity contribution is 5.67. The minimum absolute atomic E-state index is 0.0638. The Hall–Kier alpha value is -11.4. The van der Waals surface area contributed by atoms with Gasteiger partial charge in [-0.3, -0.25) is 0 Å². The summed E-state index contributed by atoms with van der Waals surface area (Å²) in [6.45, 7) is 1.75. The third kappa shape index (κ3) is 15.6. The molecule has 0 saturated carbocycles. The quantitative estimate of drug-likeness (QED) is 0.0475. The standard InChI is InChI=1S/C86H74O12/c87-71-49-70-74(92-54-62-31-15-4-16-32-62)50-78(96-58-66-39-23-8-24-40-66)81(86(70)98-84(71)67-41-43-72(90-52-60-27-11-2-12-28-60)75(45-67)93-55-63-33-17-5-18-34-63)82-80-77(95-57-65-37-21-7-22-38-65)47-69(89-51-59-25-9-1-10-26-59)48-79(80)97-85(83(82)88)68-42-44-73(91-53-61-29-13-3-14-30-61)76(46-68)94-56-64-35-19-6-20-36-64/h1-48,50,71,82-85,87-88H,49,51-58H2/t71-,82+,83+,84+,85-/m0/s1/i82+1. The van der Waals surface area contributed by atoms with Crippen LogP contribution >= 0.6 is 0 Å². The number of hydrogen-bond acceptors (Lipinski definition) is 12. The molecule has 12 aromatic carbocycles. The number of aliphatic hydroxyl groups is 2. The average molecular weight is 1300 g/mol. The molecule has 5 atom stereocenters. The van der Waals surface area contributed by atoms with E-state index in [2.05, 4.69) is 0 Å². The van der Waals surface area contributed by atoms with E-state index in [1.165, 1.54) is 0 Å². The molecule has 0 bridgehead atoms. The first kappa shape index (κ1) is 63.9. The third-order valence-electron chi connectivity index (χ3n) is 17.5. The Kier molecular flexibility index (Phi) is 20.2. The van der Waals surface area contributed by atoms with Crippen LogP contribution in [-0.4, -0.2) is 22.4 Å². The number of benzene rings is 12. The molecule has 490 valence electrons. The van der Waals surface area contributed by atoms with Crippen LogP contribution < -0.4 is 47.4 Å². The fourth-order valence-corrected chi connectivity index (χ4v) is 12.4. The monoisotopic (exact) mass is 1300 g/mol. The summed E-state index contributed by atoms with van der Waals surface area (Å²) in [7, 11) is 0. The van der Waals surface area contributed by atoms with Gasteiger partial charge in [0.2, 0.25) is 0 Å². The van der Waals surface area contributed by atoms with Crippen molar-refractivity contribution in [2.75, 3.05) is 0 Å². The Morgan fingerprint density at radius 3 is 1.00 bits per heavy atom. The molecule has 0 radical (unpaired) electrons. The molecule has 0 aliphatic carbocycles. The van der Waals surface area contributed by atoms with Crippen LogP contribution in [0.3, 0.4) is 0 Å². The molecule has 0 fully saturated rings. The predicted molar refractivity (Wildman–Crippen MR) is 376 cm³/mol. The van der Waals surface area contributed by atoms with E-state index in [1.807, 2.05) is 297 Å². The van der Waals surface area contributed by atoms with E-state index >= 15 is 0 Å². The van der Waals surface area contributed by atoms with E-state index in [-0.39, 0.29) is 52.7 Å². The Labute approximate surface area is 571 Å². The van der Waals surface area contributed by atoms with Crippen molar-refractivity contribution >= 4 is 0 Å². The van der Waals surface area contributed by atoms with Gasteiger partial charge in [-0.05, 0) is 79.9 Å². The summed E-state index contributed by atoms with van der Waals surface area (Å²) in [6, 6.07) is 96.4. The molecule has 0 spiro atoms. The first-order chi connectivity index (χ1) is 48.4. The fraction of sp³-hybridized carbons (Fsp3) is 0.163. The summed E-state index contributed by atoms with van der Waals surface area (Å²) in [6.07, 6.45) is -4.62. The van der Waals surface area contributed by atoms with Crippen LogP contribution in [0.15, 0.2) is 297 Å². The van der Waals surface area contributed by atoms with Gasteiger partial charge >= 0.3 is 0 Å². The highest BCUT2D eigenvalue weighted by Gasteiger charge is 2.47. The fourth-order valence-electron chi connectivity index (χ4n) is 12.4. The Morgan fingerprint density at radius 1 is 0.286 bits per heavy atom. The minimum atomic E-state index is -1.43. The first-order valence-electron chi connectivity index (χ1n) is 33.1. The summed E-state index contributed by atoms with van der Waals surface area (Å²) >= 11 is 0. The van der Waals surface area contributed by atoms with Crippen LogP contribution in [0.4, 0.5) is 0 Å². The van der Waals surface area contributed by atoms with E-state index in [1.54, 1.807) is 0 Å². The van der Waals surface area contributed by atoms with Crippen molar-refractivity contribution in [2.45, 2.75) is 89.6 Å². The van der Waals surface area contributed by atoms with Gasteiger partial charge in [-0.25, -0.2) is 0 Å². The molecule has 0 aromatic heterocycles. The summed E-state index contributed by atoms with van der Waals surface area (Å²) in [5, 5.41) is 27.0. The van der Waals surface area contributed by atoms with Gasteiger partial charge < -0.3 is 57.6 Å². The van der Waals surface area contributed by atoms with Gasteiger partial charge in [-0.15, -0.1) is 0 Å².